The molecule has 0 atom stereocenters. The van der Waals surface area contributed by atoms with Gasteiger partial charge in [-0.15, -0.1) is 0 Å². The number of hydrazone groups is 1. The first-order valence-electron chi connectivity index (χ1n) is 9.66. The van der Waals surface area contributed by atoms with E-state index in [2.05, 4.69) is 15.8 Å². The molecule has 2 amide bonds. The highest BCUT2D eigenvalue weighted by molar-refractivity contribution is 6.33. The minimum absolute atomic E-state index is 0.255. The van der Waals surface area contributed by atoms with E-state index in [4.69, 9.17) is 16.3 Å². The standard InChI is InChI=1S/C24H20ClN3O4/c1-16-5-4-6-18(13-16)24(31)32-19-11-9-17(10-12-19)14-27-28-22(29)15-26-23(30)20-7-2-3-8-21(20)25/h2-14H,15H2,1H3,(H,26,30)(H,28,29)/b27-14+. The number of halogens is 1. The number of aryl methyl sites for hydroxylation is 1. The van der Waals surface area contributed by atoms with Crippen LogP contribution >= 0.6 is 11.6 Å². The molecule has 0 aliphatic carbocycles. The molecule has 0 fully saturated rings. The minimum atomic E-state index is -0.495. The maximum atomic E-state index is 12.2. The van der Waals surface area contributed by atoms with Gasteiger partial charge < -0.3 is 10.1 Å². The summed E-state index contributed by atoms with van der Waals surface area (Å²) in [5, 5.41) is 6.62. The molecule has 3 aromatic carbocycles. The van der Waals surface area contributed by atoms with Gasteiger partial charge >= 0.3 is 5.97 Å². The molecular weight excluding hydrogens is 430 g/mol. The van der Waals surface area contributed by atoms with Crippen molar-refractivity contribution in [1.82, 2.24) is 10.7 Å². The van der Waals surface area contributed by atoms with Crippen LogP contribution in [0.4, 0.5) is 0 Å². The maximum Gasteiger partial charge on any atom is 0.343 e. The molecule has 7 nitrogen and oxygen atoms in total. The fourth-order valence-corrected chi connectivity index (χ4v) is 2.90. The van der Waals surface area contributed by atoms with Crippen LogP contribution in [0.15, 0.2) is 77.9 Å². The summed E-state index contributed by atoms with van der Waals surface area (Å²) in [4.78, 5) is 36.1. The average molecular weight is 450 g/mol. The van der Waals surface area contributed by atoms with E-state index in [1.807, 2.05) is 13.0 Å². The van der Waals surface area contributed by atoms with Crippen molar-refractivity contribution >= 4 is 35.6 Å². The Morgan fingerprint density at radius 2 is 1.75 bits per heavy atom. The Balaban J connectivity index is 1.46. The molecule has 0 heterocycles. The fourth-order valence-electron chi connectivity index (χ4n) is 2.68. The van der Waals surface area contributed by atoms with E-state index < -0.39 is 17.8 Å². The van der Waals surface area contributed by atoms with Gasteiger partial charge in [0.1, 0.15) is 5.75 Å². The molecule has 3 aromatic rings. The molecule has 0 spiro atoms. The second-order valence-electron chi connectivity index (χ2n) is 6.78. The van der Waals surface area contributed by atoms with Crippen molar-refractivity contribution in [2.45, 2.75) is 6.92 Å². The lowest BCUT2D eigenvalue weighted by atomic mass is 10.1. The summed E-state index contributed by atoms with van der Waals surface area (Å²) in [5.41, 5.74) is 4.73. The van der Waals surface area contributed by atoms with Gasteiger partial charge in [0.25, 0.3) is 11.8 Å². The molecule has 162 valence electrons. The van der Waals surface area contributed by atoms with Gasteiger partial charge in [0.2, 0.25) is 0 Å². The third-order valence-electron chi connectivity index (χ3n) is 4.28. The zero-order chi connectivity index (χ0) is 22.9. The number of carbonyl (C=O) groups is 3. The fraction of sp³-hybridized carbons (Fsp3) is 0.0833. The third kappa shape index (κ3) is 6.52. The van der Waals surface area contributed by atoms with Gasteiger partial charge in [0.15, 0.2) is 0 Å². The Hall–Kier alpha value is -3.97. The van der Waals surface area contributed by atoms with Gasteiger partial charge in [-0.05, 0) is 61.0 Å². The first kappa shape index (κ1) is 22.7. The first-order chi connectivity index (χ1) is 15.4. The molecule has 0 saturated carbocycles. The minimum Gasteiger partial charge on any atom is -0.423 e. The molecule has 8 heteroatoms. The number of rotatable bonds is 7. The Morgan fingerprint density at radius 3 is 2.47 bits per heavy atom. The summed E-state index contributed by atoms with van der Waals surface area (Å²) in [5.74, 6) is -1.00. The number of amides is 2. The molecule has 0 aliphatic rings. The largest absolute Gasteiger partial charge is 0.423 e. The van der Waals surface area contributed by atoms with Crippen LogP contribution in [0.5, 0.6) is 5.75 Å². The number of hydrogen-bond acceptors (Lipinski definition) is 5. The molecule has 0 unspecified atom stereocenters. The zero-order valence-electron chi connectivity index (χ0n) is 17.2. The second-order valence-corrected chi connectivity index (χ2v) is 7.19. The van der Waals surface area contributed by atoms with Crippen LogP contribution in [0, 0.1) is 6.92 Å². The smallest absolute Gasteiger partial charge is 0.343 e. The van der Waals surface area contributed by atoms with Crippen molar-refractivity contribution in [3.8, 4) is 5.75 Å². The van der Waals surface area contributed by atoms with E-state index in [1.165, 1.54) is 6.21 Å². The highest BCUT2D eigenvalue weighted by Gasteiger charge is 2.11. The molecule has 2 N–H and O–H groups in total. The van der Waals surface area contributed by atoms with Crippen molar-refractivity contribution < 1.29 is 19.1 Å². The van der Waals surface area contributed by atoms with Crippen molar-refractivity contribution in [3.63, 3.8) is 0 Å². The summed E-state index contributed by atoms with van der Waals surface area (Å²) < 4.78 is 5.35. The Labute approximate surface area is 190 Å². The van der Waals surface area contributed by atoms with E-state index in [1.54, 1.807) is 66.7 Å². The van der Waals surface area contributed by atoms with Crippen LogP contribution in [-0.2, 0) is 4.79 Å². The SMILES string of the molecule is Cc1cccc(C(=O)Oc2ccc(/C=N/NC(=O)CNC(=O)c3ccccc3Cl)cc2)c1. The molecule has 0 radical (unpaired) electrons. The summed E-state index contributed by atoms with van der Waals surface area (Å²) in [6, 6.07) is 20.3. The van der Waals surface area contributed by atoms with Gasteiger partial charge in [-0.2, -0.15) is 5.10 Å². The van der Waals surface area contributed by atoms with Crippen LogP contribution in [0.3, 0.4) is 0 Å². The lowest BCUT2D eigenvalue weighted by Gasteiger charge is -2.06. The van der Waals surface area contributed by atoms with Gasteiger partial charge in [-0.1, -0.05) is 41.4 Å². The maximum absolute atomic E-state index is 12.2. The highest BCUT2D eigenvalue weighted by atomic mass is 35.5. The monoisotopic (exact) mass is 449 g/mol. The Bertz CT molecular complexity index is 1160. The number of esters is 1. The van der Waals surface area contributed by atoms with Crippen LogP contribution in [0.25, 0.3) is 0 Å². The van der Waals surface area contributed by atoms with Gasteiger partial charge in [0, 0.05) is 0 Å². The summed E-state index contributed by atoms with van der Waals surface area (Å²) in [6.45, 7) is 1.64. The van der Waals surface area contributed by atoms with Gasteiger partial charge in [0.05, 0.1) is 28.9 Å². The molecule has 0 aliphatic heterocycles. The number of carbonyl (C=O) groups excluding carboxylic acids is 3. The van der Waals surface area contributed by atoms with Crippen LogP contribution < -0.4 is 15.5 Å². The molecule has 3 rings (SSSR count). The van der Waals surface area contributed by atoms with Crippen LogP contribution in [0.2, 0.25) is 5.02 Å². The predicted molar refractivity (Wildman–Crippen MR) is 122 cm³/mol. The molecule has 0 bridgehead atoms. The van der Waals surface area contributed by atoms with Crippen LogP contribution in [0.1, 0.15) is 31.8 Å². The van der Waals surface area contributed by atoms with E-state index >= 15 is 0 Å². The number of nitrogens with zero attached hydrogens (tertiary/aromatic N) is 1. The first-order valence-corrected chi connectivity index (χ1v) is 10.0. The Morgan fingerprint density at radius 1 is 1.00 bits per heavy atom. The van der Waals surface area contributed by atoms with Crippen molar-refractivity contribution in [3.05, 3.63) is 100 Å². The van der Waals surface area contributed by atoms with Crippen molar-refractivity contribution in [1.29, 1.82) is 0 Å². The molecule has 0 aromatic heterocycles. The van der Waals surface area contributed by atoms with Crippen molar-refractivity contribution in [2.75, 3.05) is 6.54 Å². The third-order valence-corrected chi connectivity index (χ3v) is 4.60. The normalized spacial score (nSPS) is 10.6. The lowest BCUT2D eigenvalue weighted by Crippen LogP contribution is -2.35. The van der Waals surface area contributed by atoms with Gasteiger partial charge in [-0.3, -0.25) is 9.59 Å². The predicted octanol–water partition coefficient (Wildman–Crippen LogP) is 3.75. The van der Waals surface area contributed by atoms with E-state index in [9.17, 15) is 14.4 Å². The number of hydrogen-bond donors (Lipinski definition) is 2. The zero-order valence-corrected chi connectivity index (χ0v) is 17.9. The van der Waals surface area contributed by atoms with Crippen molar-refractivity contribution in [2.24, 2.45) is 5.10 Å². The molecule has 0 saturated heterocycles. The molecule has 32 heavy (non-hydrogen) atoms. The summed E-state index contributed by atoms with van der Waals surface area (Å²) >= 11 is 5.95. The van der Waals surface area contributed by atoms with E-state index in [-0.39, 0.29) is 12.1 Å². The van der Waals surface area contributed by atoms with E-state index in [0.717, 1.165) is 5.56 Å². The van der Waals surface area contributed by atoms with Crippen LogP contribution in [-0.4, -0.2) is 30.5 Å². The summed E-state index contributed by atoms with van der Waals surface area (Å²) in [7, 11) is 0. The van der Waals surface area contributed by atoms with E-state index in [0.29, 0.717) is 21.9 Å². The topological polar surface area (TPSA) is 96.9 Å². The number of ether oxygens (including phenoxy) is 1. The quantitative estimate of drug-likeness (QED) is 0.248. The Kier molecular flexibility index (Phi) is 7.72. The summed E-state index contributed by atoms with van der Waals surface area (Å²) in [6.07, 6.45) is 1.43. The van der Waals surface area contributed by atoms with Gasteiger partial charge in [-0.25, -0.2) is 10.2 Å². The number of nitrogens with one attached hydrogen (secondary N) is 2. The number of benzene rings is 3. The average Bonchev–Trinajstić information content (AvgIpc) is 2.79. The highest BCUT2D eigenvalue weighted by Crippen LogP contribution is 2.15. The molecular formula is C24H20ClN3O4. The lowest BCUT2D eigenvalue weighted by molar-refractivity contribution is -0.120. The second kappa shape index (κ2) is 10.9.